The Hall–Kier alpha value is -1.14. The highest BCUT2D eigenvalue weighted by Crippen LogP contribution is 2.23. The highest BCUT2D eigenvalue weighted by molar-refractivity contribution is 5.75. The van der Waals surface area contributed by atoms with E-state index in [4.69, 9.17) is 4.74 Å². The fourth-order valence-electron chi connectivity index (χ4n) is 4.03. The van der Waals surface area contributed by atoms with Gasteiger partial charge in [0.05, 0.1) is 0 Å². The minimum atomic E-state index is 0.164. The Morgan fingerprint density at radius 2 is 1.73 bits per heavy atom. The molecule has 0 aromatic rings. The minimum absolute atomic E-state index is 0.164. The maximum atomic E-state index is 12.0. The third-order valence-corrected chi connectivity index (χ3v) is 5.68. The molecule has 2 amide bonds. The Bertz CT molecular complexity index is 442. The molecule has 2 fully saturated rings. The number of amides is 2. The first-order valence-corrected chi connectivity index (χ1v) is 10.3. The maximum Gasteiger partial charge on any atom is 0.220 e. The molecule has 0 spiro atoms. The van der Waals surface area contributed by atoms with Crippen molar-refractivity contribution in [1.82, 2.24) is 15.1 Å². The Kier molecular flexibility index (Phi) is 8.85. The molecule has 0 atom stereocenters. The molecular weight excluding hydrogens is 330 g/mol. The van der Waals surface area contributed by atoms with Crippen LogP contribution in [0.5, 0.6) is 0 Å². The summed E-state index contributed by atoms with van der Waals surface area (Å²) in [7, 11) is 0. The van der Waals surface area contributed by atoms with Gasteiger partial charge < -0.3 is 15.0 Å². The third-order valence-electron chi connectivity index (χ3n) is 5.68. The second-order valence-corrected chi connectivity index (χ2v) is 8.10. The molecule has 2 heterocycles. The number of piperidine rings is 1. The Labute approximate surface area is 158 Å². The monoisotopic (exact) mass is 367 g/mol. The molecule has 6 nitrogen and oxygen atoms in total. The third kappa shape index (κ3) is 6.88. The zero-order chi connectivity index (χ0) is 18.9. The molecule has 0 aliphatic carbocycles. The van der Waals surface area contributed by atoms with Crippen molar-refractivity contribution < 1.29 is 14.3 Å². The molecule has 2 aliphatic heterocycles. The smallest absolute Gasteiger partial charge is 0.220 e. The second kappa shape index (κ2) is 10.9. The van der Waals surface area contributed by atoms with Crippen LogP contribution in [0.25, 0.3) is 0 Å². The van der Waals surface area contributed by atoms with Crippen LogP contribution in [-0.4, -0.2) is 73.1 Å². The van der Waals surface area contributed by atoms with Gasteiger partial charge in [-0.3, -0.25) is 14.5 Å². The van der Waals surface area contributed by atoms with Crippen molar-refractivity contribution in [3.05, 3.63) is 0 Å². The molecule has 1 N–H and O–H groups in total. The molecule has 0 aromatic carbocycles. The molecule has 6 heteroatoms. The van der Waals surface area contributed by atoms with Crippen LogP contribution < -0.4 is 5.32 Å². The fraction of sp³-hybridized carbons (Fsp3) is 0.900. The first-order chi connectivity index (χ1) is 12.5. The van der Waals surface area contributed by atoms with Gasteiger partial charge in [-0.2, -0.15) is 0 Å². The number of nitrogens with zero attached hydrogens (tertiary/aromatic N) is 2. The summed E-state index contributed by atoms with van der Waals surface area (Å²) in [5.41, 5.74) is 0. The minimum Gasteiger partial charge on any atom is -0.381 e. The van der Waals surface area contributed by atoms with Gasteiger partial charge in [0, 0.05) is 64.8 Å². The predicted octanol–water partition coefficient (Wildman–Crippen LogP) is 2.03. The van der Waals surface area contributed by atoms with Gasteiger partial charge in [0.1, 0.15) is 0 Å². The number of nitrogens with one attached hydrogen (secondary N) is 1. The Balaban J connectivity index is 1.84. The van der Waals surface area contributed by atoms with Gasteiger partial charge in [-0.15, -0.1) is 0 Å². The number of hydrogen-bond donors (Lipinski definition) is 1. The predicted molar refractivity (Wildman–Crippen MR) is 103 cm³/mol. The number of carbonyl (C=O) groups excluding carboxylic acids is 2. The van der Waals surface area contributed by atoms with E-state index in [-0.39, 0.29) is 11.8 Å². The molecule has 26 heavy (non-hydrogen) atoms. The van der Waals surface area contributed by atoms with Crippen LogP contribution in [0.15, 0.2) is 0 Å². The highest BCUT2D eigenvalue weighted by atomic mass is 16.5. The van der Waals surface area contributed by atoms with E-state index in [9.17, 15) is 9.59 Å². The van der Waals surface area contributed by atoms with Gasteiger partial charge in [-0.1, -0.05) is 13.8 Å². The first-order valence-electron chi connectivity index (χ1n) is 10.3. The van der Waals surface area contributed by atoms with Crippen molar-refractivity contribution in [3.8, 4) is 0 Å². The molecule has 2 aliphatic rings. The molecule has 2 rings (SSSR count). The SMILES string of the molecule is CC(=O)N1CCC(N(CCNC(=O)CCC(C)C)C2CCOCC2)CC1. The van der Waals surface area contributed by atoms with Gasteiger partial charge in [0.2, 0.25) is 11.8 Å². The summed E-state index contributed by atoms with van der Waals surface area (Å²) in [5, 5.41) is 3.10. The quantitative estimate of drug-likeness (QED) is 0.713. The van der Waals surface area contributed by atoms with Crippen LogP contribution in [0.2, 0.25) is 0 Å². The van der Waals surface area contributed by atoms with E-state index in [2.05, 4.69) is 24.1 Å². The normalized spacial score (nSPS) is 20.0. The lowest BCUT2D eigenvalue weighted by atomic mass is 9.98. The number of rotatable bonds is 8. The van der Waals surface area contributed by atoms with Crippen molar-refractivity contribution in [3.63, 3.8) is 0 Å². The summed E-state index contributed by atoms with van der Waals surface area (Å²) in [6, 6.07) is 1.03. The molecule has 0 bridgehead atoms. The van der Waals surface area contributed by atoms with Crippen molar-refractivity contribution >= 4 is 11.8 Å². The van der Waals surface area contributed by atoms with E-state index in [1.807, 2.05) is 4.90 Å². The van der Waals surface area contributed by atoms with Crippen LogP contribution >= 0.6 is 0 Å². The second-order valence-electron chi connectivity index (χ2n) is 8.10. The number of likely N-dealkylation sites (tertiary alicyclic amines) is 1. The van der Waals surface area contributed by atoms with Crippen LogP contribution in [0, 0.1) is 5.92 Å². The van der Waals surface area contributed by atoms with Crippen LogP contribution in [0.4, 0.5) is 0 Å². The topological polar surface area (TPSA) is 61.9 Å². The largest absolute Gasteiger partial charge is 0.381 e. The van der Waals surface area contributed by atoms with E-state index in [1.54, 1.807) is 6.92 Å². The molecule has 2 saturated heterocycles. The van der Waals surface area contributed by atoms with Crippen LogP contribution in [0.3, 0.4) is 0 Å². The van der Waals surface area contributed by atoms with Gasteiger partial charge in [0.15, 0.2) is 0 Å². The summed E-state index contributed by atoms with van der Waals surface area (Å²) >= 11 is 0. The van der Waals surface area contributed by atoms with E-state index in [0.29, 0.717) is 31.0 Å². The van der Waals surface area contributed by atoms with Crippen molar-refractivity contribution in [2.45, 2.75) is 71.4 Å². The lowest BCUT2D eigenvalue weighted by molar-refractivity contribution is -0.130. The summed E-state index contributed by atoms with van der Waals surface area (Å²) in [4.78, 5) is 28.1. The number of ether oxygens (including phenoxy) is 1. The van der Waals surface area contributed by atoms with Gasteiger partial charge in [-0.05, 0) is 38.0 Å². The van der Waals surface area contributed by atoms with Crippen LogP contribution in [-0.2, 0) is 14.3 Å². The molecular formula is C20H37N3O3. The molecule has 150 valence electrons. The van der Waals surface area contributed by atoms with E-state index >= 15 is 0 Å². The van der Waals surface area contributed by atoms with Crippen molar-refractivity contribution in [2.75, 3.05) is 39.4 Å². The standard InChI is InChI=1S/C20H37N3O3/c1-16(2)4-5-20(25)21-10-13-23(19-8-14-26-15-9-19)18-6-11-22(12-7-18)17(3)24/h16,18-19H,4-15H2,1-3H3,(H,21,25). The molecule has 0 saturated carbocycles. The molecule has 0 aromatic heterocycles. The van der Waals surface area contributed by atoms with Crippen molar-refractivity contribution in [2.24, 2.45) is 5.92 Å². The van der Waals surface area contributed by atoms with E-state index < -0.39 is 0 Å². The lowest BCUT2D eigenvalue weighted by Gasteiger charge is -2.43. The lowest BCUT2D eigenvalue weighted by Crippen LogP contribution is -2.53. The Morgan fingerprint density at radius 3 is 2.31 bits per heavy atom. The summed E-state index contributed by atoms with van der Waals surface area (Å²) < 4.78 is 5.53. The summed E-state index contributed by atoms with van der Waals surface area (Å²) in [6.07, 6.45) is 5.74. The average Bonchev–Trinajstić information content (AvgIpc) is 2.64. The zero-order valence-corrected chi connectivity index (χ0v) is 16.8. The molecule has 0 radical (unpaired) electrons. The average molecular weight is 368 g/mol. The Morgan fingerprint density at radius 1 is 1.12 bits per heavy atom. The van der Waals surface area contributed by atoms with Gasteiger partial charge in [0.25, 0.3) is 0 Å². The zero-order valence-electron chi connectivity index (χ0n) is 16.8. The van der Waals surface area contributed by atoms with Gasteiger partial charge in [-0.25, -0.2) is 0 Å². The van der Waals surface area contributed by atoms with Crippen molar-refractivity contribution in [1.29, 1.82) is 0 Å². The maximum absolute atomic E-state index is 12.0. The highest BCUT2D eigenvalue weighted by Gasteiger charge is 2.31. The van der Waals surface area contributed by atoms with Crippen LogP contribution in [0.1, 0.15) is 59.3 Å². The van der Waals surface area contributed by atoms with E-state index in [0.717, 1.165) is 65.0 Å². The first kappa shape index (κ1) is 21.2. The summed E-state index contributed by atoms with van der Waals surface area (Å²) in [5.74, 6) is 0.904. The fourth-order valence-corrected chi connectivity index (χ4v) is 4.03. The number of carbonyl (C=O) groups is 2. The molecule has 0 unspecified atom stereocenters. The number of hydrogen-bond acceptors (Lipinski definition) is 4. The van der Waals surface area contributed by atoms with Gasteiger partial charge >= 0.3 is 0 Å². The summed E-state index contributed by atoms with van der Waals surface area (Å²) in [6.45, 7) is 10.9. The van der Waals surface area contributed by atoms with E-state index in [1.165, 1.54) is 0 Å².